The summed E-state index contributed by atoms with van der Waals surface area (Å²) in [4.78, 5) is 19.7. The highest BCUT2D eigenvalue weighted by Crippen LogP contribution is 2.23. The monoisotopic (exact) mass is 357 g/mol. The number of nitro benzene ring substituents is 1. The average molecular weight is 357 g/mol. The van der Waals surface area contributed by atoms with E-state index in [-0.39, 0.29) is 5.69 Å². The summed E-state index contributed by atoms with van der Waals surface area (Å²) in [6.45, 7) is 4.60. The first-order chi connectivity index (χ1) is 12.2. The molecule has 0 amide bonds. The van der Waals surface area contributed by atoms with Crippen molar-refractivity contribution >= 4 is 33.7 Å². The van der Waals surface area contributed by atoms with Gasteiger partial charge in [0.2, 0.25) is 0 Å². The number of nitrogens with zero attached hydrogens (tertiary/aromatic N) is 3. The summed E-state index contributed by atoms with van der Waals surface area (Å²) in [6.07, 6.45) is 3.50. The number of aromatic nitrogens is 2. The second-order valence-electron chi connectivity index (χ2n) is 4.63. The van der Waals surface area contributed by atoms with E-state index in [0.717, 1.165) is 21.5 Å². The number of anilines is 3. The molecule has 0 spiro atoms. The fourth-order valence-electron chi connectivity index (χ4n) is 1.88. The molecule has 0 saturated carbocycles. The van der Waals surface area contributed by atoms with Gasteiger partial charge < -0.3 is 10.6 Å². The maximum atomic E-state index is 10.6. The molecule has 130 valence electrons. The molecule has 0 aliphatic heterocycles. The molecule has 0 saturated heterocycles. The van der Waals surface area contributed by atoms with Crippen LogP contribution in [0.1, 0.15) is 18.7 Å². The van der Waals surface area contributed by atoms with Gasteiger partial charge in [0.15, 0.2) is 5.13 Å². The van der Waals surface area contributed by atoms with Gasteiger partial charge in [-0.25, -0.2) is 9.97 Å². The van der Waals surface area contributed by atoms with Gasteiger partial charge in [-0.05, 0) is 24.3 Å². The summed E-state index contributed by atoms with van der Waals surface area (Å²) < 4.78 is 0. The predicted molar refractivity (Wildman–Crippen MR) is 101 cm³/mol. The fourth-order valence-corrected chi connectivity index (χ4v) is 2.64. The smallest absolute Gasteiger partial charge is 0.269 e. The van der Waals surface area contributed by atoms with E-state index in [4.69, 9.17) is 0 Å². The minimum atomic E-state index is -0.414. The van der Waals surface area contributed by atoms with Crippen LogP contribution in [0, 0.1) is 10.1 Å². The number of hydrogen-bond acceptors (Lipinski definition) is 7. The zero-order chi connectivity index (χ0) is 18.1. The molecule has 3 aromatic rings. The molecule has 2 heterocycles. The van der Waals surface area contributed by atoms with Crippen molar-refractivity contribution in [3.05, 3.63) is 69.8 Å². The summed E-state index contributed by atoms with van der Waals surface area (Å²) in [6, 6.07) is 12.0. The molecule has 2 N–H and O–H groups in total. The Labute approximate surface area is 149 Å². The highest BCUT2D eigenvalue weighted by Gasteiger charge is 2.05. The van der Waals surface area contributed by atoms with Crippen LogP contribution >= 0.6 is 11.3 Å². The number of non-ortho nitro benzene ring substituents is 1. The summed E-state index contributed by atoms with van der Waals surface area (Å²) in [5.74, 6) is 0.747. The van der Waals surface area contributed by atoms with Gasteiger partial charge in [0, 0.05) is 35.1 Å². The van der Waals surface area contributed by atoms with Gasteiger partial charge in [-0.3, -0.25) is 10.1 Å². The van der Waals surface area contributed by atoms with E-state index in [2.05, 4.69) is 20.6 Å². The summed E-state index contributed by atoms with van der Waals surface area (Å²) in [5.41, 5.74) is 0.901. The fraction of sp³-hybridized carbons (Fsp3) is 0.176. The van der Waals surface area contributed by atoms with Crippen LogP contribution in [0.2, 0.25) is 0 Å². The van der Waals surface area contributed by atoms with E-state index in [0.29, 0.717) is 6.54 Å². The van der Waals surface area contributed by atoms with Crippen LogP contribution in [-0.2, 0) is 6.54 Å². The Bertz CT molecular complexity index is 790. The molecule has 7 nitrogen and oxygen atoms in total. The molecule has 0 aliphatic carbocycles. The predicted octanol–water partition coefficient (Wildman–Crippen LogP) is 4.83. The Morgan fingerprint density at radius 1 is 1.12 bits per heavy atom. The first kappa shape index (κ1) is 18.3. The number of nitro groups is 1. The lowest BCUT2D eigenvalue weighted by Crippen LogP contribution is -1.97. The minimum absolute atomic E-state index is 0.0789. The maximum absolute atomic E-state index is 10.6. The number of rotatable bonds is 6. The summed E-state index contributed by atoms with van der Waals surface area (Å²) in [5, 5.41) is 17.7. The molecule has 1 aromatic carbocycles. The van der Waals surface area contributed by atoms with Gasteiger partial charge in [-0.2, -0.15) is 0 Å². The summed E-state index contributed by atoms with van der Waals surface area (Å²) >= 11 is 1.52. The topological polar surface area (TPSA) is 93.0 Å². The molecule has 0 fully saturated rings. The Hall–Kier alpha value is -3.00. The third kappa shape index (κ3) is 5.54. The lowest BCUT2D eigenvalue weighted by atomic mass is 10.3. The quantitative estimate of drug-likeness (QED) is 0.485. The van der Waals surface area contributed by atoms with Crippen molar-refractivity contribution in [2.24, 2.45) is 0 Å². The van der Waals surface area contributed by atoms with E-state index in [1.807, 2.05) is 32.0 Å². The second-order valence-corrected chi connectivity index (χ2v) is 5.74. The van der Waals surface area contributed by atoms with Crippen molar-refractivity contribution in [2.75, 3.05) is 10.6 Å². The van der Waals surface area contributed by atoms with Gasteiger partial charge in [0.05, 0.1) is 11.5 Å². The van der Waals surface area contributed by atoms with Crippen molar-refractivity contribution in [2.45, 2.75) is 20.4 Å². The van der Waals surface area contributed by atoms with Crippen LogP contribution in [-0.4, -0.2) is 14.9 Å². The third-order valence-electron chi connectivity index (χ3n) is 3.00. The molecule has 25 heavy (non-hydrogen) atoms. The molecule has 8 heteroatoms. The molecule has 2 aromatic heterocycles. The molecule has 0 aliphatic rings. The van der Waals surface area contributed by atoms with Crippen LogP contribution < -0.4 is 10.6 Å². The van der Waals surface area contributed by atoms with E-state index in [9.17, 15) is 10.1 Å². The highest BCUT2D eigenvalue weighted by molar-refractivity contribution is 7.15. The van der Waals surface area contributed by atoms with E-state index in [1.165, 1.54) is 23.5 Å². The molecule has 0 bridgehead atoms. The first-order valence-electron chi connectivity index (χ1n) is 7.82. The van der Waals surface area contributed by atoms with E-state index >= 15 is 0 Å². The maximum Gasteiger partial charge on any atom is 0.269 e. The van der Waals surface area contributed by atoms with Crippen molar-refractivity contribution in [1.29, 1.82) is 0 Å². The van der Waals surface area contributed by atoms with E-state index < -0.39 is 4.92 Å². The third-order valence-corrected chi connectivity index (χ3v) is 3.91. The minimum Gasteiger partial charge on any atom is -0.380 e. The van der Waals surface area contributed by atoms with Crippen LogP contribution in [0.4, 0.5) is 22.3 Å². The number of pyridine rings is 1. The average Bonchev–Trinajstić information content (AvgIpc) is 3.10. The van der Waals surface area contributed by atoms with Crippen molar-refractivity contribution in [3.8, 4) is 0 Å². The van der Waals surface area contributed by atoms with Crippen LogP contribution in [0.25, 0.3) is 0 Å². The Morgan fingerprint density at radius 3 is 2.52 bits per heavy atom. The molecule has 0 atom stereocenters. The normalized spacial score (nSPS) is 9.68. The molecular formula is C17H19N5O2S. The van der Waals surface area contributed by atoms with Crippen LogP contribution in [0.5, 0.6) is 0 Å². The Kier molecular flexibility index (Phi) is 6.85. The van der Waals surface area contributed by atoms with E-state index in [1.54, 1.807) is 24.5 Å². The number of thiazole rings is 1. The number of hydrogen-bond donors (Lipinski definition) is 2. The van der Waals surface area contributed by atoms with Crippen LogP contribution in [0.3, 0.4) is 0 Å². The lowest BCUT2D eigenvalue weighted by molar-refractivity contribution is -0.384. The Morgan fingerprint density at radius 2 is 1.88 bits per heavy atom. The van der Waals surface area contributed by atoms with Gasteiger partial charge in [-0.15, -0.1) is 0 Å². The van der Waals surface area contributed by atoms with Crippen molar-refractivity contribution in [1.82, 2.24) is 9.97 Å². The first-order valence-corrected chi connectivity index (χ1v) is 8.63. The Balaban J connectivity index is 0.00000109. The zero-order valence-corrected chi connectivity index (χ0v) is 14.8. The van der Waals surface area contributed by atoms with Crippen LogP contribution in [0.15, 0.2) is 54.9 Å². The standard InChI is InChI=1S/C15H13N5O2S.C2H6/c21-20(22)12-6-4-11(5-7-12)17-9-13-10-18-15(23-13)19-14-3-1-2-8-16-14;1-2/h1-8,10,17H,9H2,(H,16,18,19);1-2H3. The molecule has 3 rings (SSSR count). The lowest BCUT2D eigenvalue weighted by Gasteiger charge is -2.03. The highest BCUT2D eigenvalue weighted by atomic mass is 32.1. The number of nitrogens with one attached hydrogen (secondary N) is 2. The second kappa shape index (κ2) is 9.33. The van der Waals surface area contributed by atoms with Crippen molar-refractivity contribution in [3.63, 3.8) is 0 Å². The van der Waals surface area contributed by atoms with Gasteiger partial charge in [0.25, 0.3) is 5.69 Å². The van der Waals surface area contributed by atoms with Gasteiger partial charge >= 0.3 is 0 Å². The van der Waals surface area contributed by atoms with Gasteiger partial charge in [0.1, 0.15) is 5.82 Å². The largest absolute Gasteiger partial charge is 0.380 e. The number of benzene rings is 1. The molecule has 0 unspecified atom stereocenters. The summed E-state index contributed by atoms with van der Waals surface area (Å²) in [7, 11) is 0. The zero-order valence-electron chi connectivity index (χ0n) is 14.0. The van der Waals surface area contributed by atoms with Crippen molar-refractivity contribution < 1.29 is 4.92 Å². The molecule has 0 radical (unpaired) electrons. The molecular weight excluding hydrogens is 338 g/mol. The van der Waals surface area contributed by atoms with Gasteiger partial charge in [-0.1, -0.05) is 31.3 Å². The SMILES string of the molecule is CC.O=[N+]([O-])c1ccc(NCc2cnc(Nc3ccccn3)s2)cc1.